The maximum absolute atomic E-state index is 6.72. The molecule has 0 saturated carbocycles. The monoisotopic (exact) mass is 766 g/mol. The van der Waals surface area contributed by atoms with E-state index in [0.29, 0.717) is 5.82 Å². The van der Waals surface area contributed by atoms with Crippen molar-refractivity contribution in [2.45, 2.75) is 18.3 Å². The summed E-state index contributed by atoms with van der Waals surface area (Å²) in [7, 11) is 0. The number of allylic oxidation sites excluding steroid dienone is 4. The minimum absolute atomic E-state index is 0.428. The van der Waals surface area contributed by atoms with Gasteiger partial charge >= 0.3 is 0 Å². The Morgan fingerprint density at radius 1 is 0.417 bits per heavy atom. The highest BCUT2D eigenvalue weighted by atomic mass is 16.5. The van der Waals surface area contributed by atoms with Crippen molar-refractivity contribution in [3.05, 3.63) is 234 Å². The zero-order valence-electron chi connectivity index (χ0n) is 32.8. The van der Waals surface area contributed by atoms with Crippen LogP contribution in [0.4, 0.5) is 0 Å². The largest absolute Gasteiger partial charge is 0.457 e. The van der Waals surface area contributed by atoms with Crippen molar-refractivity contribution in [2.24, 2.45) is 0 Å². The second kappa shape index (κ2) is 13.8. The van der Waals surface area contributed by atoms with Gasteiger partial charge in [-0.3, -0.25) is 0 Å². The third kappa shape index (κ3) is 5.29. The molecule has 0 fully saturated rings. The predicted molar refractivity (Wildman–Crippen MR) is 245 cm³/mol. The molecule has 60 heavy (non-hydrogen) atoms. The first-order chi connectivity index (χ1) is 29.7. The normalized spacial score (nSPS) is 15.9. The zero-order valence-corrected chi connectivity index (χ0v) is 32.8. The summed E-state index contributed by atoms with van der Waals surface area (Å²) in [6, 6.07) is 69.3. The van der Waals surface area contributed by atoms with E-state index in [1.807, 2.05) is 6.07 Å². The van der Waals surface area contributed by atoms with Crippen LogP contribution in [0.25, 0.3) is 72.5 Å². The minimum atomic E-state index is -0.428. The topological polar surface area (TPSA) is 35.0 Å². The molecular formula is C57H38N2O. The number of para-hydroxylation sites is 1. The van der Waals surface area contributed by atoms with Gasteiger partial charge in [-0.1, -0.05) is 182 Å². The molecule has 1 atom stereocenters. The average Bonchev–Trinajstić information content (AvgIpc) is 3.62. The summed E-state index contributed by atoms with van der Waals surface area (Å²) in [5, 5.41) is 2.35. The number of hydrogen-bond donors (Lipinski definition) is 0. The maximum atomic E-state index is 6.72. The number of ether oxygens (including phenoxy) is 1. The number of rotatable bonds is 5. The van der Waals surface area contributed by atoms with Gasteiger partial charge in [0.15, 0.2) is 5.82 Å². The molecular weight excluding hydrogens is 729 g/mol. The Kier molecular flexibility index (Phi) is 7.89. The summed E-state index contributed by atoms with van der Waals surface area (Å²) in [6.45, 7) is 0. The summed E-state index contributed by atoms with van der Waals surface area (Å²) >= 11 is 0. The van der Waals surface area contributed by atoms with E-state index < -0.39 is 5.41 Å². The SMILES string of the molecule is C1=CC2=C(CC1)C1(c3ccccc3Oc3ccc(-c4ccc(-c5nc(-c6ccccc6)cc(-c6ccc(-c7ccccc7)c7ccccc67)n5)cc4)cc31)c1ccccc12. The lowest BCUT2D eigenvalue weighted by atomic mass is 9.64. The maximum Gasteiger partial charge on any atom is 0.160 e. The van der Waals surface area contributed by atoms with E-state index in [-0.39, 0.29) is 0 Å². The van der Waals surface area contributed by atoms with Crippen molar-refractivity contribution >= 4 is 16.3 Å². The van der Waals surface area contributed by atoms with Gasteiger partial charge in [0.2, 0.25) is 0 Å². The molecule has 8 aromatic carbocycles. The zero-order chi connectivity index (χ0) is 39.6. The number of aromatic nitrogens is 2. The molecule has 1 spiro atoms. The van der Waals surface area contributed by atoms with Gasteiger partial charge in [0.05, 0.1) is 16.8 Å². The van der Waals surface area contributed by atoms with Crippen LogP contribution < -0.4 is 4.74 Å². The second-order valence-corrected chi connectivity index (χ2v) is 15.9. The van der Waals surface area contributed by atoms with Crippen molar-refractivity contribution in [1.82, 2.24) is 9.97 Å². The first-order valence-electron chi connectivity index (χ1n) is 20.8. The summed E-state index contributed by atoms with van der Waals surface area (Å²) < 4.78 is 6.72. The Balaban J connectivity index is 0.978. The van der Waals surface area contributed by atoms with E-state index in [4.69, 9.17) is 14.7 Å². The first-order valence-corrected chi connectivity index (χ1v) is 20.8. The fourth-order valence-corrected chi connectivity index (χ4v) is 10.0. The van der Waals surface area contributed by atoms with Crippen LogP contribution in [-0.2, 0) is 5.41 Å². The van der Waals surface area contributed by atoms with E-state index in [1.165, 1.54) is 49.9 Å². The predicted octanol–water partition coefficient (Wildman–Crippen LogP) is 14.5. The fraction of sp³-hybridized carbons (Fsp3) is 0.0526. The van der Waals surface area contributed by atoms with Crippen molar-refractivity contribution in [1.29, 1.82) is 0 Å². The van der Waals surface area contributed by atoms with E-state index >= 15 is 0 Å². The van der Waals surface area contributed by atoms with Crippen LogP contribution in [0.2, 0.25) is 0 Å². The quantitative estimate of drug-likeness (QED) is 0.175. The van der Waals surface area contributed by atoms with E-state index in [1.54, 1.807) is 0 Å². The molecule has 282 valence electrons. The highest BCUT2D eigenvalue weighted by molar-refractivity contribution is 6.05. The number of hydrogen-bond acceptors (Lipinski definition) is 3. The lowest BCUT2D eigenvalue weighted by Gasteiger charge is -2.41. The Morgan fingerprint density at radius 3 is 1.85 bits per heavy atom. The lowest BCUT2D eigenvalue weighted by molar-refractivity contribution is 0.432. The number of benzene rings is 8. The molecule has 1 aromatic heterocycles. The molecule has 3 aliphatic rings. The summed E-state index contributed by atoms with van der Waals surface area (Å²) in [4.78, 5) is 10.5. The number of fused-ring (bicyclic) bond motifs is 9. The van der Waals surface area contributed by atoms with Gasteiger partial charge in [0.1, 0.15) is 11.5 Å². The highest BCUT2D eigenvalue weighted by Gasteiger charge is 2.52. The fourth-order valence-electron chi connectivity index (χ4n) is 10.0. The average molecular weight is 767 g/mol. The Labute approximate surface area is 349 Å². The molecule has 0 N–H and O–H groups in total. The smallest absolute Gasteiger partial charge is 0.160 e. The van der Waals surface area contributed by atoms with Crippen LogP contribution in [0.1, 0.15) is 35.1 Å². The van der Waals surface area contributed by atoms with Crippen molar-refractivity contribution in [3.63, 3.8) is 0 Å². The molecule has 2 aliphatic carbocycles. The van der Waals surface area contributed by atoms with Crippen LogP contribution >= 0.6 is 0 Å². The molecule has 0 bridgehead atoms. The van der Waals surface area contributed by atoms with Gasteiger partial charge in [0, 0.05) is 27.8 Å². The molecule has 1 aliphatic heterocycles. The molecule has 3 heteroatoms. The van der Waals surface area contributed by atoms with Crippen molar-refractivity contribution in [3.8, 4) is 67.7 Å². The van der Waals surface area contributed by atoms with Crippen LogP contribution in [0.3, 0.4) is 0 Å². The molecule has 0 amide bonds. The van der Waals surface area contributed by atoms with Gasteiger partial charge in [-0.15, -0.1) is 0 Å². The lowest BCUT2D eigenvalue weighted by Crippen LogP contribution is -2.33. The van der Waals surface area contributed by atoms with Crippen molar-refractivity contribution in [2.75, 3.05) is 0 Å². The molecule has 0 saturated heterocycles. The van der Waals surface area contributed by atoms with Gasteiger partial charge in [-0.25, -0.2) is 9.97 Å². The van der Waals surface area contributed by atoms with Crippen molar-refractivity contribution < 1.29 is 4.74 Å². The third-order valence-corrected chi connectivity index (χ3v) is 12.7. The van der Waals surface area contributed by atoms with Crippen LogP contribution in [0, 0.1) is 0 Å². The van der Waals surface area contributed by atoms with E-state index in [0.717, 1.165) is 68.9 Å². The number of nitrogens with zero attached hydrogens (tertiary/aromatic N) is 2. The van der Waals surface area contributed by atoms with Gasteiger partial charge in [-0.2, -0.15) is 0 Å². The Bertz CT molecular complexity index is 3220. The van der Waals surface area contributed by atoms with Crippen LogP contribution in [-0.4, -0.2) is 9.97 Å². The Hall–Kier alpha value is -7.62. The second-order valence-electron chi connectivity index (χ2n) is 15.9. The standard InChI is InChI=1S/C57H38N2O/c1-3-15-38(16-4-1)42-32-33-47(44-20-8-7-19-43(42)44)53-36-52(39-17-5-2-6-18-39)58-56(59-53)40-29-27-37(28-30-40)41-31-34-55-51(35-41)57(50-25-13-14-26-54(50)60-55)48-23-11-9-21-45(48)46-22-10-12-24-49(46)57/h1-11,13-23,25-36H,12,24H2. The van der Waals surface area contributed by atoms with Gasteiger partial charge < -0.3 is 4.74 Å². The molecule has 2 heterocycles. The van der Waals surface area contributed by atoms with E-state index in [9.17, 15) is 0 Å². The summed E-state index contributed by atoms with van der Waals surface area (Å²) in [5.41, 5.74) is 17.0. The molecule has 3 nitrogen and oxygen atoms in total. The van der Waals surface area contributed by atoms with Crippen LogP contribution in [0.5, 0.6) is 11.5 Å². The highest BCUT2D eigenvalue weighted by Crippen LogP contribution is 2.63. The van der Waals surface area contributed by atoms with Gasteiger partial charge in [0.25, 0.3) is 0 Å². The van der Waals surface area contributed by atoms with E-state index in [2.05, 4.69) is 200 Å². The first kappa shape index (κ1) is 34.4. The summed E-state index contributed by atoms with van der Waals surface area (Å²) in [6.07, 6.45) is 6.70. The molecule has 1 unspecified atom stereocenters. The van der Waals surface area contributed by atoms with Gasteiger partial charge in [-0.05, 0) is 92.4 Å². The molecule has 0 radical (unpaired) electrons. The minimum Gasteiger partial charge on any atom is -0.457 e. The molecule has 9 aromatic rings. The third-order valence-electron chi connectivity index (χ3n) is 12.7. The van der Waals surface area contributed by atoms with Crippen LogP contribution in [0.15, 0.2) is 212 Å². The summed E-state index contributed by atoms with van der Waals surface area (Å²) in [5.74, 6) is 2.53. The Morgan fingerprint density at radius 2 is 1.03 bits per heavy atom. The molecule has 12 rings (SSSR count).